The monoisotopic (exact) mass is 216 g/mol. The Morgan fingerprint density at radius 1 is 1.38 bits per heavy atom. The van der Waals surface area contributed by atoms with Crippen LogP contribution in [0.3, 0.4) is 0 Å². The summed E-state index contributed by atoms with van der Waals surface area (Å²) in [6.45, 7) is 4.27. The van der Waals surface area contributed by atoms with E-state index in [1.807, 2.05) is 17.6 Å². The predicted molar refractivity (Wildman–Crippen MR) is 62.6 cm³/mol. The number of piperidine rings is 1. The van der Waals surface area contributed by atoms with Crippen LogP contribution in [-0.4, -0.2) is 27.9 Å². The van der Waals surface area contributed by atoms with Crippen LogP contribution in [0.4, 0.5) is 0 Å². The zero-order valence-corrected chi connectivity index (χ0v) is 9.48. The molecule has 0 saturated carbocycles. The van der Waals surface area contributed by atoms with Crippen LogP contribution in [-0.2, 0) is 0 Å². The topological polar surface area (TPSA) is 42.2 Å². The first-order valence-electron chi connectivity index (χ1n) is 5.87. The smallest absolute Gasteiger partial charge is 0.0928 e. The standard InChI is InChI=1S/C12H16N4/c1-9-12-11(10-4-6-13-7-5-10)3-2-8-16(12)15-14-9/h2-3,8,10,13H,4-7H2,1H3. The number of aryl methyl sites for hydroxylation is 1. The highest BCUT2D eigenvalue weighted by Gasteiger charge is 2.19. The normalized spacial score (nSPS) is 18.1. The number of nitrogens with one attached hydrogen (secondary N) is 1. The Morgan fingerprint density at radius 2 is 2.19 bits per heavy atom. The maximum atomic E-state index is 4.15. The van der Waals surface area contributed by atoms with E-state index in [-0.39, 0.29) is 0 Å². The quantitative estimate of drug-likeness (QED) is 0.785. The Hall–Kier alpha value is -1.42. The molecule has 16 heavy (non-hydrogen) atoms. The van der Waals surface area contributed by atoms with E-state index in [0.717, 1.165) is 18.8 Å². The molecule has 3 heterocycles. The van der Waals surface area contributed by atoms with E-state index >= 15 is 0 Å². The molecule has 2 aromatic rings. The first-order valence-corrected chi connectivity index (χ1v) is 5.87. The molecule has 0 unspecified atom stereocenters. The van der Waals surface area contributed by atoms with E-state index < -0.39 is 0 Å². The van der Waals surface area contributed by atoms with Gasteiger partial charge in [-0.3, -0.25) is 0 Å². The van der Waals surface area contributed by atoms with Gasteiger partial charge in [-0.2, -0.15) is 0 Å². The van der Waals surface area contributed by atoms with Crippen LogP contribution in [0.5, 0.6) is 0 Å². The second-order valence-electron chi connectivity index (χ2n) is 4.46. The lowest BCUT2D eigenvalue weighted by molar-refractivity contribution is 0.461. The largest absolute Gasteiger partial charge is 0.317 e. The Bertz CT molecular complexity index is 497. The SMILES string of the molecule is Cc1nnn2cccc(C3CCNCC3)c12. The van der Waals surface area contributed by atoms with E-state index in [2.05, 4.69) is 27.8 Å². The molecule has 0 spiro atoms. The van der Waals surface area contributed by atoms with Gasteiger partial charge in [0.15, 0.2) is 0 Å². The van der Waals surface area contributed by atoms with Crippen LogP contribution in [0.1, 0.15) is 30.0 Å². The molecule has 0 aliphatic carbocycles. The maximum Gasteiger partial charge on any atom is 0.0928 e. The second kappa shape index (κ2) is 3.87. The molecular formula is C12H16N4. The molecule has 0 radical (unpaired) electrons. The van der Waals surface area contributed by atoms with Gasteiger partial charge in [0, 0.05) is 6.20 Å². The summed E-state index contributed by atoms with van der Waals surface area (Å²) >= 11 is 0. The molecule has 0 bridgehead atoms. The highest BCUT2D eigenvalue weighted by molar-refractivity contribution is 5.58. The lowest BCUT2D eigenvalue weighted by Gasteiger charge is -2.23. The molecular weight excluding hydrogens is 200 g/mol. The molecule has 1 aliphatic heterocycles. The highest BCUT2D eigenvalue weighted by Crippen LogP contribution is 2.29. The van der Waals surface area contributed by atoms with Gasteiger partial charge in [0.25, 0.3) is 0 Å². The Labute approximate surface area is 94.7 Å². The lowest BCUT2D eigenvalue weighted by Crippen LogP contribution is -2.26. The molecule has 84 valence electrons. The summed E-state index contributed by atoms with van der Waals surface area (Å²) in [5, 5.41) is 11.7. The van der Waals surface area contributed by atoms with Crippen LogP contribution >= 0.6 is 0 Å². The molecule has 0 atom stereocenters. The second-order valence-corrected chi connectivity index (χ2v) is 4.46. The minimum atomic E-state index is 0.655. The molecule has 0 amide bonds. The van der Waals surface area contributed by atoms with Gasteiger partial charge in [-0.25, -0.2) is 4.52 Å². The molecule has 4 nitrogen and oxygen atoms in total. The zero-order chi connectivity index (χ0) is 11.0. The Balaban J connectivity index is 2.10. The van der Waals surface area contributed by atoms with Crippen molar-refractivity contribution in [3.63, 3.8) is 0 Å². The number of pyridine rings is 1. The third-order valence-electron chi connectivity index (χ3n) is 3.42. The first-order chi connectivity index (χ1) is 7.86. The average Bonchev–Trinajstić information content (AvgIpc) is 2.73. The molecule has 1 fully saturated rings. The van der Waals surface area contributed by atoms with Crippen molar-refractivity contribution in [2.75, 3.05) is 13.1 Å². The summed E-state index contributed by atoms with van der Waals surface area (Å²) in [5.41, 5.74) is 3.65. The summed E-state index contributed by atoms with van der Waals surface area (Å²) in [6.07, 6.45) is 4.40. The van der Waals surface area contributed by atoms with Crippen LogP contribution < -0.4 is 5.32 Å². The molecule has 1 aliphatic rings. The molecule has 1 N–H and O–H groups in total. The average molecular weight is 216 g/mol. The number of aromatic nitrogens is 3. The van der Waals surface area contributed by atoms with Crippen LogP contribution in [0.2, 0.25) is 0 Å². The van der Waals surface area contributed by atoms with Gasteiger partial charge in [0.1, 0.15) is 0 Å². The van der Waals surface area contributed by atoms with Gasteiger partial charge < -0.3 is 5.32 Å². The highest BCUT2D eigenvalue weighted by atomic mass is 15.4. The van der Waals surface area contributed by atoms with Crippen molar-refractivity contribution in [1.29, 1.82) is 0 Å². The van der Waals surface area contributed by atoms with E-state index in [9.17, 15) is 0 Å². The van der Waals surface area contributed by atoms with Gasteiger partial charge in [-0.05, 0) is 50.4 Å². The van der Waals surface area contributed by atoms with E-state index in [1.165, 1.54) is 23.9 Å². The number of rotatable bonds is 1. The summed E-state index contributed by atoms with van der Waals surface area (Å²) < 4.78 is 1.90. The molecule has 4 heteroatoms. The van der Waals surface area contributed by atoms with Crippen molar-refractivity contribution in [2.24, 2.45) is 0 Å². The summed E-state index contributed by atoms with van der Waals surface area (Å²) in [6, 6.07) is 4.29. The lowest BCUT2D eigenvalue weighted by atomic mass is 9.89. The van der Waals surface area contributed by atoms with E-state index in [0.29, 0.717) is 5.92 Å². The van der Waals surface area contributed by atoms with Gasteiger partial charge in [0.05, 0.1) is 11.2 Å². The van der Waals surface area contributed by atoms with Crippen molar-refractivity contribution < 1.29 is 0 Å². The molecule has 3 rings (SSSR count). The van der Waals surface area contributed by atoms with Crippen LogP contribution in [0, 0.1) is 6.92 Å². The van der Waals surface area contributed by atoms with Crippen molar-refractivity contribution in [2.45, 2.75) is 25.7 Å². The summed E-state index contributed by atoms with van der Waals surface area (Å²) in [5.74, 6) is 0.655. The van der Waals surface area contributed by atoms with Crippen LogP contribution in [0.15, 0.2) is 18.3 Å². The molecule has 1 saturated heterocycles. The maximum absolute atomic E-state index is 4.15. The number of hydrogen-bond donors (Lipinski definition) is 1. The fraction of sp³-hybridized carbons (Fsp3) is 0.500. The number of fused-ring (bicyclic) bond motifs is 1. The third-order valence-corrected chi connectivity index (χ3v) is 3.42. The van der Waals surface area contributed by atoms with Crippen molar-refractivity contribution in [3.05, 3.63) is 29.6 Å². The third kappa shape index (κ3) is 1.50. The fourth-order valence-electron chi connectivity index (χ4n) is 2.59. The Kier molecular flexibility index (Phi) is 2.36. The number of hydrogen-bond acceptors (Lipinski definition) is 3. The van der Waals surface area contributed by atoms with Crippen molar-refractivity contribution in [1.82, 2.24) is 20.1 Å². The minimum absolute atomic E-state index is 0.655. The van der Waals surface area contributed by atoms with Crippen molar-refractivity contribution >= 4 is 5.52 Å². The zero-order valence-electron chi connectivity index (χ0n) is 9.48. The molecule has 2 aromatic heterocycles. The van der Waals surface area contributed by atoms with Crippen molar-refractivity contribution in [3.8, 4) is 0 Å². The first kappa shape index (κ1) is 9.78. The van der Waals surface area contributed by atoms with Crippen LogP contribution in [0.25, 0.3) is 5.52 Å². The summed E-state index contributed by atoms with van der Waals surface area (Å²) in [4.78, 5) is 0. The minimum Gasteiger partial charge on any atom is -0.317 e. The van der Waals surface area contributed by atoms with Gasteiger partial charge in [-0.15, -0.1) is 5.10 Å². The van der Waals surface area contributed by atoms with Gasteiger partial charge >= 0.3 is 0 Å². The summed E-state index contributed by atoms with van der Waals surface area (Å²) in [7, 11) is 0. The fourth-order valence-corrected chi connectivity index (χ4v) is 2.59. The van der Waals surface area contributed by atoms with E-state index in [4.69, 9.17) is 0 Å². The predicted octanol–water partition coefficient (Wildman–Crippen LogP) is 1.50. The Morgan fingerprint density at radius 3 is 3.00 bits per heavy atom. The van der Waals surface area contributed by atoms with E-state index in [1.54, 1.807) is 0 Å². The van der Waals surface area contributed by atoms with Gasteiger partial charge in [0.2, 0.25) is 0 Å². The molecule has 0 aromatic carbocycles. The number of nitrogens with zero attached hydrogens (tertiary/aromatic N) is 3. The van der Waals surface area contributed by atoms with Gasteiger partial charge in [-0.1, -0.05) is 11.3 Å².